The normalized spacial score (nSPS) is 12.5. The molecule has 28 heavy (non-hydrogen) atoms. The molecule has 2 aromatic carbocycles. The first-order valence-electron chi connectivity index (χ1n) is 9.30. The molecule has 4 rings (SSSR count). The molecule has 0 atom stereocenters. The average Bonchev–Trinajstić information content (AvgIpc) is 3.16. The molecule has 2 amide bonds. The van der Waals surface area contributed by atoms with Crippen molar-refractivity contribution in [1.82, 2.24) is 10.3 Å². The monoisotopic (exact) mass is 371 g/mol. The van der Waals surface area contributed by atoms with E-state index >= 15 is 0 Å². The Morgan fingerprint density at radius 2 is 1.86 bits per heavy atom. The molecule has 1 aromatic heterocycles. The Bertz CT molecular complexity index is 1010. The van der Waals surface area contributed by atoms with Crippen molar-refractivity contribution < 1.29 is 9.59 Å². The highest BCUT2D eigenvalue weighted by atomic mass is 16.2. The Balaban J connectivity index is 1.46. The van der Waals surface area contributed by atoms with Crippen LogP contribution >= 0.6 is 0 Å². The van der Waals surface area contributed by atoms with Gasteiger partial charge in [0.05, 0.1) is 0 Å². The van der Waals surface area contributed by atoms with Crippen LogP contribution in [0.2, 0.25) is 0 Å². The second-order valence-corrected chi connectivity index (χ2v) is 6.89. The maximum atomic E-state index is 12.4. The fourth-order valence-corrected chi connectivity index (χ4v) is 3.51. The zero-order chi connectivity index (χ0) is 19.5. The summed E-state index contributed by atoms with van der Waals surface area (Å²) >= 11 is 0. The molecule has 140 valence electrons. The van der Waals surface area contributed by atoms with Gasteiger partial charge in [0, 0.05) is 43.7 Å². The van der Waals surface area contributed by atoms with Gasteiger partial charge >= 0.3 is 0 Å². The number of carbonyl (C=O) groups excluding carboxylic acids is 2. The molecule has 0 spiro atoms. The fourth-order valence-electron chi connectivity index (χ4n) is 3.51. The highest BCUT2D eigenvalue weighted by molar-refractivity contribution is 5.95. The van der Waals surface area contributed by atoms with Crippen LogP contribution in [0.3, 0.4) is 0 Å². The van der Waals surface area contributed by atoms with E-state index in [0.29, 0.717) is 12.1 Å². The van der Waals surface area contributed by atoms with Crippen LogP contribution in [0.4, 0.5) is 5.69 Å². The number of nitrogens with one attached hydrogen (secondary N) is 1. The van der Waals surface area contributed by atoms with E-state index in [2.05, 4.69) is 16.4 Å². The Labute approximate surface area is 164 Å². The summed E-state index contributed by atoms with van der Waals surface area (Å²) in [6.07, 6.45) is 4.32. The van der Waals surface area contributed by atoms with Crippen LogP contribution in [0.1, 0.15) is 28.4 Å². The Morgan fingerprint density at radius 1 is 1.07 bits per heavy atom. The first-order valence-corrected chi connectivity index (χ1v) is 9.30. The first kappa shape index (κ1) is 17.9. The number of amides is 2. The Hall–Kier alpha value is -3.47. The topological polar surface area (TPSA) is 62.3 Å². The highest BCUT2D eigenvalue weighted by Gasteiger charge is 2.22. The largest absolute Gasteiger partial charge is 0.348 e. The summed E-state index contributed by atoms with van der Waals surface area (Å²) in [4.78, 5) is 29.9. The number of carbonyl (C=O) groups is 2. The summed E-state index contributed by atoms with van der Waals surface area (Å²) in [6, 6.07) is 17.5. The zero-order valence-corrected chi connectivity index (χ0v) is 15.7. The Morgan fingerprint density at radius 3 is 2.57 bits per heavy atom. The fraction of sp³-hybridized carbons (Fsp3) is 0.174. The molecule has 1 aliphatic rings. The lowest BCUT2D eigenvalue weighted by Crippen LogP contribution is -2.25. The van der Waals surface area contributed by atoms with Crippen molar-refractivity contribution in [1.29, 1.82) is 0 Å². The number of aromatic nitrogens is 1. The van der Waals surface area contributed by atoms with E-state index in [0.717, 1.165) is 35.3 Å². The third kappa shape index (κ3) is 3.64. The summed E-state index contributed by atoms with van der Waals surface area (Å²) in [5.74, 6) is -0.0328. The Kier molecular flexibility index (Phi) is 4.89. The molecular formula is C23H21N3O2. The van der Waals surface area contributed by atoms with Crippen molar-refractivity contribution in [3.05, 3.63) is 83.7 Å². The molecule has 0 saturated carbocycles. The van der Waals surface area contributed by atoms with E-state index < -0.39 is 0 Å². The van der Waals surface area contributed by atoms with Crippen LogP contribution in [0, 0.1) is 0 Å². The lowest BCUT2D eigenvalue weighted by atomic mass is 10.0. The SMILES string of the molecule is CC(=O)N1CCc2cc(-c3ccc(C(=O)NCc4cccnc4)cc3)ccc21. The molecule has 2 heterocycles. The third-order valence-corrected chi connectivity index (χ3v) is 5.01. The summed E-state index contributed by atoms with van der Waals surface area (Å²) in [5, 5.41) is 2.91. The van der Waals surface area contributed by atoms with E-state index in [-0.39, 0.29) is 11.8 Å². The molecule has 3 aromatic rings. The van der Waals surface area contributed by atoms with Crippen LogP contribution in [-0.2, 0) is 17.8 Å². The third-order valence-electron chi connectivity index (χ3n) is 5.01. The number of anilines is 1. The van der Waals surface area contributed by atoms with Crippen molar-refractivity contribution in [2.75, 3.05) is 11.4 Å². The van der Waals surface area contributed by atoms with Crippen LogP contribution in [-0.4, -0.2) is 23.3 Å². The van der Waals surface area contributed by atoms with Crippen molar-refractivity contribution in [3.8, 4) is 11.1 Å². The number of nitrogens with zero attached hydrogens (tertiary/aromatic N) is 2. The predicted molar refractivity (Wildman–Crippen MR) is 109 cm³/mol. The molecule has 1 N–H and O–H groups in total. The van der Waals surface area contributed by atoms with E-state index in [1.54, 1.807) is 19.3 Å². The number of benzene rings is 2. The van der Waals surface area contributed by atoms with Gasteiger partial charge in [-0.05, 0) is 59.0 Å². The standard InChI is InChI=1S/C23H21N3O2/c1-16(27)26-12-10-21-13-20(8-9-22(21)26)18-4-6-19(7-5-18)23(28)25-15-17-3-2-11-24-14-17/h2-9,11,13-14H,10,12,15H2,1H3,(H,25,28). The molecule has 0 fully saturated rings. The van der Waals surface area contributed by atoms with Crippen molar-refractivity contribution in [3.63, 3.8) is 0 Å². The van der Waals surface area contributed by atoms with E-state index in [4.69, 9.17) is 0 Å². The highest BCUT2D eigenvalue weighted by Crippen LogP contribution is 2.32. The molecule has 0 unspecified atom stereocenters. The molecule has 5 heteroatoms. The summed E-state index contributed by atoms with van der Waals surface area (Å²) in [7, 11) is 0. The maximum Gasteiger partial charge on any atom is 0.251 e. The molecule has 0 aliphatic carbocycles. The molecular weight excluding hydrogens is 350 g/mol. The minimum atomic E-state index is -0.110. The number of fused-ring (bicyclic) bond motifs is 1. The van der Waals surface area contributed by atoms with E-state index in [9.17, 15) is 9.59 Å². The summed E-state index contributed by atoms with van der Waals surface area (Å²) in [5.41, 5.74) is 5.91. The van der Waals surface area contributed by atoms with Gasteiger partial charge in [-0.3, -0.25) is 14.6 Å². The molecule has 0 bridgehead atoms. The van der Waals surface area contributed by atoms with Crippen LogP contribution in [0.15, 0.2) is 67.0 Å². The average molecular weight is 371 g/mol. The van der Waals surface area contributed by atoms with Gasteiger partial charge in [0.2, 0.25) is 5.91 Å². The second-order valence-electron chi connectivity index (χ2n) is 6.89. The number of hydrogen-bond acceptors (Lipinski definition) is 3. The van der Waals surface area contributed by atoms with Gasteiger partial charge in [-0.2, -0.15) is 0 Å². The summed E-state index contributed by atoms with van der Waals surface area (Å²) in [6.45, 7) is 2.79. The molecule has 5 nitrogen and oxygen atoms in total. The number of hydrogen-bond donors (Lipinski definition) is 1. The lowest BCUT2D eigenvalue weighted by Gasteiger charge is -2.15. The van der Waals surface area contributed by atoms with Crippen molar-refractivity contribution >= 4 is 17.5 Å². The van der Waals surface area contributed by atoms with Gasteiger partial charge < -0.3 is 10.2 Å². The quantitative estimate of drug-likeness (QED) is 0.762. The first-order chi connectivity index (χ1) is 13.6. The smallest absolute Gasteiger partial charge is 0.251 e. The zero-order valence-electron chi connectivity index (χ0n) is 15.7. The van der Waals surface area contributed by atoms with Gasteiger partial charge in [0.15, 0.2) is 0 Å². The minimum Gasteiger partial charge on any atom is -0.348 e. The van der Waals surface area contributed by atoms with Gasteiger partial charge in [-0.1, -0.05) is 24.3 Å². The minimum absolute atomic E-state index is 0.0770. The van der Waals surface area contributed by atoms with Gasteiger partial charge in [-0.15, -0.1) is 0 Å². The maximum absolute atomic E-state index is 12.4. The van der Waals surface area contributed by atoms with E-state index in [1.807, 2.05) is 53.4 Å². The number of pyridine rings is 1. The predicted octanol–water partition coefficient (Wildman–Crippen LogP) is 3.59. The molecule has 1 aliphatic heterocycles. The van der Waals surface area contributed by atoms with Gasteiger partial charge in [0.1, 0.15) is 0 Å². The van der Waals surface area contributed by atoms with Crippen molar-refractivity contribution in [2.24, 2.45) is 0 Å². The van der Waals surface area contributed by atoms with Gasteiger partial charge in [-0.25, -0.2) is 0 Å². The van der Waals surface area contributed by atoms with Crippen LogP contribution in [0.5, 0.6) is 0 Å². The van der Waals surface area contributed by atoms with Crippen LogP contribution < -0.4 is 10.2 Å². The lowest BCUT2D eigenvalue weighted by molar-refractivity contribution is -0.116. The number of rotatable bonds is 4. The van der Waals surface area contributed by atoms with Crippen LogP contribution in [0.25, 0.3) is 11.1 Å². The van der Waals surface area contributed by atoms with Gasteiger partial charge in [0.25, 0.3) is 5.91 Å². The summed E-state index contributed by atoms with van der Waals surface area (Å²) < 4.78 is 0. The molecule has 0 radical (unpaired) electrons. The molecule has 0 saturated heterocycles. The van der Waals surface area contributed by atoms with Crippen molar-refractivity contribution in [2.45, 2.75) is 19.9 Å². The van der Waals surface area contributed by atoms with E-state index in [1.165, 1.54) is 5.56 Å². The second kappa shape index (κ2) is 7.64.